The van der Waals surface area contributed by atoms with Crippen molar-refractivity contribution >= 4 is 17.8 Å². The lowest BCUT2D eigenvalue weighted by atomic mass is 9.97. The summed E-state index contributed by atoms with van der Waals surface area (Å²) in [6, 6.07) is 8.35. The van der Waals surface area contributed by atoms with Gasteiger partial charge in [0.2, 0.25) is 0 Å². The van der Waals surface area contributed by atoms with Crippen molar-refractivity contribution in [3.63, 3.8) is 0 Å². The van der Waals surface area contributed by atoms with Crippen molar-refractivity contribution in [1.82, 2.24) is 5.06 Å². The summed E-state index contributed by atoms with van der Waals surface area (Å²) in [4.78, 5) is 40.3. The zero-order valence-electron chi connectivity index (χ0n) is 12.9. The SMILES string of the molecule is CC(C)(C)C(=O)ON1C(=O)C[C@@H]1C(=O)OCc1ccccc1. The highest BCUT2D eigenvalue weighted by Gasteiger charge is 2.46. The fraction of sp³-hybridized carbons (Fsp3) is 0.438. The fourth-order valence-corrected chi connectivity index (χ4v) is 1.74. The van der Waals surface area contributed by atoms with E-state index < -0.39 is 29.3 Å². The lowest BCUT2D eigenvalue weighted by molar-refractivity contribution is -0.235. The molecule has 1 aliphatic heterocycles. The number of carbonyl (C=O) groups excluding carboxylic acids is 3. The van der Waals surface area contributed by atoms with E-state index in [9.17, 15) is 14.4 Å². The van der Waals surface area contributed by atoms with Gasteiger partial charge in [-0.05, 0) is 26.3 Å². The van der Waals surface area contributed by atoms with Crippen molar-refractivity contribution in [1.29, 1.82) is 0 Å². The maximum Gasteiger partial charge on any atom is 0.337 e. The largest absolute Gasteiger partial charge is 0.459 e. The number of rotatable bonds is 4. The van der Waals surface area contributed by atoms with Crippen LogP contribution in [0.4, 0.5) is 0 Å². The average Bonchev–Trinajstić information content (AvgIpc) is 2.47. The first-order valence-corrected chi connectivity index (χ1v) is 7.04. The molecule has 1 amide bonds. The molecule has 1 saturated heterocycles. The molecule has 1 heterocycles. The van der Waals surface area contributed by atoms with Crippen LogP contribution in [0.1, 0.15) is 32.8 Å². The molecule has 2 rings (SSSR count). The normalized spacial score (nSPS) is 17.7. The first kappa shape index (κ1) is 16.0. The summed E-state index contributed by atoms with van der Waals surface area (Å²) >= 11 is 0. The molecule has 1 aliphatic rings. The highest BCUT2D eigenvalue weighted by Crippen LogP contribution is 2.25. The van der Waals surface area contributed by atoms with E-state index in [1.807, 2.05) is 30.3 Å². The van der Waals surface area contributed by atoms with Crippen LogP contribution in [0.5, 0.6) is 0 Å². The minimum atomic E-state index is -0.859. The van der Waals surface area contributed by atoms with Crippen molar-refractivity contribution < 1.29 is 24.0 Å². The zero-order valence-corrected chi connectivity index (χ0v) is 12.9. The van der Waals surface area contributed by atoms with Gasteiger partial charge in [0.15, 0.2) is 6.04 Å². The molecule has 22 heavy (non-hydrogen) atoms. The Hall–Kier alpha value is -2.37. The molecule has 1 atom stereocenters. The van der Waals surface area contributed by atoms with Crippen LogP contribution in [-0.4, -0.2) is 29.0 Å². The van der Waals surface area contributed by atoms with Crippen molar-refractivity contribution in [2.24, 2.45) is 5.41 Å². The molecule has 0 unspecified atom stereocenters. The summed E-state index contributed by atoms with van der Waals surface area (Å²) in [5.41, 5.74) is 0.0914. The van der Waals surface area contributed by atoms with E-state index in [4.69, 9.17) is 9.57 Å². The molecule has 0 N–H and O–H groups in total. The van der Waals surface area contributed by atoms with Gasteiger partial charge in [-0.15, -0.1) is 0 Å². The minimum absolute atomic E-state index is 0.00888. The van der Waals surface area contributed by atoms with E-state index in [2.05, 4.69) is 0 Å². The first-order valence-electron chi connectivity index (χ1n) is 7.04. The number of hydroxylamine groups is 2. The van der Waals surface area contributed by atoms with Gasteiger partial charge >= 0.3 is 11.9 Å². The van der Waals surface area contributed by atoms with Crippen molar-refractivity contribution in [3.8, 4) is 0 Å². The van der Waals surface area contributed by atoms with E-state index in [0.29, 0.717) is 0 Å². The van der Waals surface area contributed by atoms with Gasteiger partial charge in [-0.1, -0.05) is 30.3 Å². The smallest absolute Gasteiger partial charge is 0.337 e. The molecule has 0 radical (unpaired) electrons. The van der Waals surface area contributed by atoms with Crippen LogP contribution in [-0.2, 0) is 30.6 Å². The Kier molecular flexibility index (Phi) is 4.49. The number of amides is 1. The molecular weight excluding hydrogens is 286 g/mol. The standard InChI is InChI=1S/C16H19NO5/c1-16(2,3)15(20)22-17-12(9-13(17)18)14(19)21-10-11-7-5-4-6-8-11/h4-8,12H,9-10H2,1-3H3/t12-/m1/s1. The molecule has 6 nitrogen and oxygen atoms in total. The van der Waals surface area contributed by atoms with E-state index in [1.165, 1.54) is 0 Å². The highest BCUT2D eigenvalue weighted by molar-refractivity contribution is 5.95. The third-order valence-corrected chi connectivity index (χ3v) is 3.19. The molecule has 1 aromatic carbocycles. The van der Waals surface area contributed by atoms with Crippen molar-refractivity contribution in [2.75, 3.05) is 0 Å². The van der Waals surface area contributed by atoms with E-state index in [0.717, 1.165) is 10.6 Å². The summed E-state index contributed by atoms with van der Waals surface area (Å²) in [6.45, 7) is 5.12. The molecule has 118 valence electrons. The summed E-state index contributed by atoms with van der Waals surface area (Å²) in [6.07, 6.45) is -0.00888. The van der Waals surface area contributed by atoms with Crippen LogP contribution in [0, 0.1) is 5.41 Å². The number of hydrogen-bond acceptors (Lipinski definition) is 5. The second-order valence-electron chi connectivity index (χ2n) is 6.16. The van der Waals surface area contributed by atoms with Crippen LogP contribution in [0.25, 0.3) is 0 Å². The van der Waals surface area contributed by atoms with Crippen LogP contribution >= 0.6 is 0 Å². The summed E-state index contributed by atoms with van der Waals surface area (Å²) in [7, 11) is 0. The van der Waals surface area contributed by atoms with E-state index in [-0.39, 0.29) is 13.0 Å². The quantitative estimate of drug-likeness (QED) is 0.627. The Morgan fingerprint density at radius 2 is 1.86 bits per heavy atom. The average molecular weight is 305 g/mol. The summed E-state index contributed by atoms with van der Waals surface area (Å²) in [5.74, 6) is -1.55. The minimum Gasteiger partial charge on any atom is -0.459 e. The number of β-lactam (4-membered cyclic amide) rings is 1. The molecule has 0 bridgehead atoms. The predicted octanol–water partition coefficient (Wildman–Crippen LogP) is 1.83. The van der Waals surface area contributed by atoms with Crippen LogP contribution in [0.15, 0.2) is 30.3 Å². The maximum absolute atomic E-state index is 12.0. The van der Waals surface area contributed by atoms with Gasteiger partial charge in [-0.2, -0.15) is 5.06 Å². The summed E-state index contributed by atoms with van der Waals surface area (Å²) in [5, 5.41) is 0.806. The van der Waals surface area contributed by atoms with Crippen molar-refractivity contribution in [2.45, 2.75) is 39.8 Å². The number of benzene rings is 1. The second kappa shape index (κ2) is 6.17. The number of esters is 1. The Labute approximate surface area is 129 Å². The van der Waals surface area contributed by atoms with Gasteiger partial charge in [-0.3, -0.25) is 4.79 Å². The number of ether oxygens (including phenoxy) is 1. The lowest BCUT2D eigenvalue weighted by Crippen LogP contribution is -2.58. The Morgan fingerprint density at radius 3 is 2.41 bits per heavy atom. The first-order chi connectivity index (χ1) is 10.3. The number of nitrogens with zero attached hydrogens (tertiary/aromatic N) is 1. The third-order valence-electron chi connectivity index (χ3n) is 3.19. The van der Waals surface area contributed by atoms with Gasteiger partial charge in [-0.25, -0.2) is 9.59 Å². The highest BCUT2D eigenvalue weighted by atomic mass is 16.7. The summed E-state index contributed by atoms with van der Waals surface area (Å²) < 4.78 is 5.15. The zero-order chi connectivity index (χ0) is 16.3. The molecule has 0 spiro atoms. The number of hydrogen-bond donors (Lipinski definition) is 0. The Morgan fingerprint density at radius 1 is 1.23 bits per heavy atom. The lowest BCUT2D eigenvalue weighted by Gasteiger charge is -2.37. The van der Waals surface area contributed by atoms with E-state index in [1.54, 1.807) is 20.8 Å². The molecular formula is C16H19NO5. The van der Waals surface area contributed by atoms with E-state index >= 15 is 0 Å². The molecule has 0 aliphatic carbocycles. The van der Waals surface area contributed by atoms with Crippen molar-refractivity contribution in [3.05, 3.63) is 35.9 Å². The molecule has 1 fully saturated rings. The maximum atomic E-state index is 12.0. The second-order valence-corrected chi connectivity index (χ2v) is 6.16. The topological polar surface area (TPSA) is 72.9 Å². The Balaban J connectivity index is 1.90. The van der Waals surface area contributed by atoms with Crippen LogP contribution in [0.2, 0.25) is 0 Å². The van der Waals surface area contributed by atoms with Gasteiger partial charge in [0.1, 0.15) is 6.61 Å². The van der Waals surface area contributed by atoms with Gasteiger partial charge < -0.3 is 9.57 Å². The van der Waals surface area contributed by atoms with Gasteiger partial charge in [0, 0.05) is 0 Å². The predicted molar refractivity (Wildman–Crippen MR) is 77.0 cm³/mol. The Bertz CT molecular complexity index is 576. The molecule has 0 saturated carbocycles. The molecule has 1 aromatic rings. The van der Waals surface area contributed by atoms with Gasteiger partial charge in [0.05, 0.1) is 11.8 Å². The van der Waals surface area contributed by atoms with Gasteiger partial charge in [0.25, 0.3) is 5.91 Å². The van der Waals surface area contributed by atoms with Crippen LogP contribution in [0.3, 0.4) is 0 Å². The number of carbonyl (C=O) groups is 3. The van der Waals surface area contributed by atoms with Crippen LogP contribution < -0.4 is 0 Å². The monoisotopic (exact) mass is 305 g/mol. The fourth-order valence-electron chi connectivity index (χ4n) is 1.74. The molecule has 6 heteroatoms. The third kappa shape index (κ3) is 3.63. The molecule has 0 aromatic heterocycles.